The van der Waals surface area contributed by atoms with Crippen molar-refractivity contribution in [3.05, 3.63) is 0 Å². The second kappa shape index (κ2) is 12.7. The lowest BCUT2D eigenvalue weighted by Crippen LogP contribution is -2.32. The van der Waals surface area contributed by atoms with E-state index in [4.69, 9.17) is 4.74 Å². The molecule has 1 amide bonds. The van der Waals surface area contributed by atoms with Gasteiger partial charge in [-0.2, -0.15) is 0 Å². The number of amides is 1. The summed E-state index contributed by atoms with van der Waals surface area (Å²) in [5.41, 5.74) is 0. The number of carbonyl (C=O) groups is 2. The van der Waals surface area contributed by atoms with E-state index >= 15 is 0 Å². The van der Waals surface area contributed by atoms with Crippen molar-refractivity contribution in [2.45, 2.75) is 72.6 Å². The van der Waals surface area contributed by atoms with Crippen molar-refractivity contribution in [1.82, 2.24) is 4.90 Å². The number of carbonyl (C=O) groups excluding carboxylic acids is 2. The van der Waals surface area contributed by atoms with Crippen molar-refractivity contribution >= 4 is 11.9 Å². The summed E-state index contributed by atoms with van der Waals surface area (Å²) in [4.78, 5) is 25.0. The first-order valence-corrected chi connectivity index (χ1v) is 8.46. The maximum atomic E-state index is 11.8. The molecule has 0 heterocycles. The van der Waals surface area contributed by atoms with Gasteiger partial charge in [0.05, 0.1) is 13.0 Å². The van der Waals surface area contributed by atoms with Gasteiger partial charge in [0.15, 0.2) is 0 Å². The summed E-state index contributed by atoms with van der Waals surface area (Å²) in [6, 6.07) is 0. The van der Waals surface area contributed by atoms with Crippen molar-refractivity contribution in [3.63, 3.8) is 0 Å². The molecule has 0 aliphatic carbocycles. The van der Waals surface area contributed by atoms with E-state index < -0.39 is 0 Å². The van der Waals surface area contributed by atoms with Gasteiger partial charge in [0.2, 0.25) is 5.91 Å². The Labute approximate surface area is 130 Å². The minimum atomic E-state index is -0.187. The van der Waals surface area contributed by atoms with Crippen molar-refractivity contribution in [2.24, 2.45) is 5.92 Å². The van der Waals surface area contributed by atoms with Crippen LogP contribution in [0.3, 0.4) is 0 Å². The van der Waals surface area contributed by atoms with Gasteiger partial charge in [-0.1, -0.05) is 46.5 Å². The Hall–Kier alpha value is -1.06. The quantitative estimate of drug-likeness (QED) is 0.515. The monoisotopic (exact) mass is 299 g/mol. The standard InChI is InChI=1S/C17H33NO3/c1-5-8-10-16(7-3)14-21-17(20)11-13-18(15(4)19)12-9-6-2/h16H,5-14H2,1-4H3. The Bertz CT molecular complexity index is 292. The topological polar surface area (TPSA) is 46.6 Å². The van der Waals surface area contributed by atoms with Crippen molar-refractivity contribution < 1.29 is 14.3 Å². The van der Waals surface area contributed by atoms with Gasteiger partial charge >= 0.3 is 5.97 Å². The smallest absolute Gasteiger partial charge is 0.307 e. The molecule has 1 atom stereocenters. The molecular formula is C17H33NO3. The first kappa shape index (κ1) is 19.9. The maximum absolute atomic E-state index is 11.8. The zero-order valence-electron chi connectivity index (χ0n) is 14.3. The summed E-state index contributed by atoms with van der Waals surface area (Å²) in [7, 11) is 0. The lowest BCUT2D eigenvalue weighted by molar-refractivity contribution is -0.146. The molecule has 0 N–H and O–H groups in total. The summed E-state index contributed by atoms with van der Waals surface area (Å²) in [5, 5.41) is 0. The van der Waals surface area contributed by atoms with Crippen LogP contribution in [-0.4, -0.2) is 36.5 Å². The second-order valence-electron chi connectivity index (χ2n) is 5.71. The lowest BCUT2D eigenvalue weighted by Gasteiger charge is -2.20. The summed E-state index contributed by atoms with van der Waals surface area (Å²) in [6.07, 6.45) is 6.85. The first-order valence-electron chi connectivity index (χ1n) is 8.46. The van der Waals surface area contributed by atoms with Crippen molar-refractivity contribution in [2.75, 3.05) is 19.7 Å². The highest BCUT2D eigenvalue weighted by Crippen LogP contribution is 2.13. The van der Waals surface area contributed by atoms with Gasteiger partial charge in [-0.15, -0.1) is 0 Å². The Morgan fingerprint density at radius 3 is 2.24 bits per heavy atom. The predicted molar refractivity (Wildman–Crippen MR) is 86.0 cm³/mol. The van der Waals surface area contributed by atoms with Gasteiger partial charge in [0.1, 0.15) is 0 Å². The summed E-state index contributed by atoms with van der Waals surface area (Å²) < 4.78 is 5.35. The molecule has 0 fully saturated rings. The van der Waals surface area contributed by atoms with Crippen LogP contribution in [0.25, 0.3) is 0 Å². The fraction of sp³-hybridized carbons (Fsp3) is 0.882. The van der Waals surface area contributed by atoms with E-state index in [1.54, 1.807) is 11.8 Å². The lowest BCUT2D eigenvalue weighted by atomic mass is 10.0. The van der Waals surface area contributed by atoms with Crippen LogP contribution in [0.5, 0.6) is 0 Å². The molecule has 1 unspecified atom stereocenters. The molecule has 4 nitrogen and oxygen atoms in total. The van der Waals surface area contributed by atoms with E-state index in [1.807, 2.05) is 0 Å². The number of nitrogens with zero attached hydrogens (tertiary/aromatic N) is 1. The van der Waals surface area contributed by atoms with Gasteiger partial charge in [-0.25, -0.2) is 0 Å². The highest BCUT2D eigenvalue weighted by Gasteiger charge is 2.13. The molecule has 0 aliphatic rings. The molecule has 0 aromatic carbocycles. The van der Waals surface area contributed by atoms with Gasteiger partial charge < -0.3 is 9.64 Å². The fourth-order valence-corrected chi connectivity index (χ4v) is 2.18. The largest absolute Gasteiger partial charge is 0.465 e. The SMILES string of the molecule is CCCCC(CC)COC(=O)CCN(CCCC)C(C)=O. The normalized spacial score (nSPS) is 12.0. The van der Waals surface area contributed by atoms with Crippen LogP contribution in [0.15, 0.2) is 0 Å². The number of hydrogen-bond acceptors (Lipinski definition) is 3. The van der Waals surface area contributed by atoms with Crippen LogP contribution in [0, 0.1) is 5.92 Å². The van der Waals surface area contributed by atoms with Crippen LogP contribution in [-0.2, 0) is 14.3 Å². The zero-order valence-corrected chi connectivity index (χ0v) is 14.3. The average Bonchev–Trinajstić information content (AvgIpc) is 2.47. The Balaban J connectivity index is 3.97. The minimum absolute atomic E-state index is 0.0330. The Morgan fingerprint density at radius 2 is 1.71 bits per heavy atom. The molecule has 0 radical (unpaired) electrons. The summed E-state index contributed by atoms with van der Waals surface area (Å²) >= 11 is 0. The zero-order chi connectivity index (χ0) is 16.1. The molecule has 0 saturated heterocycles. The number of ether oxygens (including phenoxy) is 1. The van der Waals surface area contributed by atoms with Crippen LogP contribution in [0.1, 0.15) is 72.6 Å². The molecule has 0 spiro atoms. The number of unbranched alkanes of at least 4 members (excludes halogenated alkanes) is 2. The predicted octanol–water partition coefficient (Wildman–Crippen LogP) is 3.78. The van der Waals surface area contributed by atoms with Gasteiger partial charge in [-0.05, 0) is 18.8 Å². The highest BCUT2D eigenvalue weighted by atomic mass is 16.5. The van der Waals surface area contributed by atoms with E-state index in [9.17, 15) is 9.59 Å². The molecule has 0 saturated carbocycles. The molecule has 0 bridgehead atoms. The number of rotatable bonds is 12. The van der Waals surface area contributed by atoms with Crippen LogP contribution >= 0.6 is 0 Å². The number of esters is 1. The van der Waals surface area contributed by atoms with Crippen molar-refractivity contribution in [3.8, 4) is 0 Å². The summed E-state index contributed by atoms with van der Waals surface area (Å²) in [5.74, 6) is 0.316. The van der Waals surface area contributed by atoms with Gasteiger partial charge in [-0.3, -0.25) is 9.59 Å². The number of hydrogen-bond donors (Lipinski definition) is 0. The van der Waals surface area contributed by atoms with E-state index in [2.05, 4.69) is 20.8 Å². The van der Waals surface area contributed by atoms with E-state index in [0.717, 1.165) is 32.2 Å². The van der Waals surface area contributed by atoms with Crippen molar-refractivity contribution in [1.29, 1.82) is 0 Å². The molecule has 0 aliphatic heterocycles. The highest BCUT2D eigenvalue weighted by molar-refractivity contribution is 5.75. The van der Waals surface area contributed by atoms with E-state index in [0.29, 0.717) is 25.5 Å². The van der Waals surface area contributed by atoms with Crippen LogP contribution in [0.4, 0.5) is 0 Å². The third kappa shape index (κ3) is 10.3. The third-order valence-electron chi connectivity index (χ3n) is 3.84. The van der Waals surface area contributed by atoms with E-state index in [1.165, 1.54) is 12.8 Å². The van der Waals surface area contributed by atoms with Crippen LogP contribution < -0.4 is 0 Å². The fourth-order valence-electron chi connectivity index (χ4n) is 2.18. The molecule has 0 rings (SSSR count). The van der Waals surface area contributed by atoms with Gasteiger partial charge in [0.25, 0.3) is 0 Å². The minimum Gasteiger partial charge on any atom is -0.465 e. The molecule has 21 heavy (non-hydrogen) atoms. The maximum Gasteiger partial charge on any atom is 0.307 e. The molecular weight excluding hydrogens is 266 g/mol. The molecule has 0 aromatic rings. The van der Waals surface area contributed by atoms with Crippen LogP contribution in [0.2, 0.25) is 0 Å². The molecule has 0 aromatic heterocycles. The Kier molecular flexibility index (Phi) is 12.0. The second-order valence-corrected chi connectivity index (χ2v) is 5.71. The average molecular weight is 299 g/mol. The first-order chi connectivity index (χ1) is 10.0. The van der Waals surface area contributed by atoms with E-state index in [-0.39, 0.29) is 11.9 Å². The third-order valence-corrected chi connectivity index (χ3v) is 3.84. The Morgan fingerprint density at radius 1 is 1.05 bits per heavy atom. The molecule has 124 valence electrons. The summed E-state index contributed by atoms with van der Waals surface area (Å²) in [6.45, 7) is 9.67. The van der Waals surface area contributed by atoms with Gasteiger partial charge in [0, 0.05) is 20.0 Å². The molecule has 4 heteroatoms.